The third kappa shape index (κ3) is 3.20. The lowest BCUT2D eigenvalue weighted by Crippen LogP contribution is -2.46. The number of hydrogen-bond acceptors (Lipinski definition) is 4. The van der Waals surface area contributed by atoms with Gasteiger partial charge in [-0.15, -0.1) is 0 Å². The zero-order valence-corrected chi connectivity index (χ0v) is 14.2. The number of nitrogens with zero attached hydrogens (tertiary/aromatic N) is 1. The minimum Gasteiger partial charge on any atom is -0.486 e. The first-order valence-electron chi connectivity index (χ1n) is 8.60. The number of fused-ring (bicyclic) bond motifs is 1. The molecule has 5 heteroatoms. The third-order valence-electron chi connectivity index (χ3n) is 4.52. The summed E-state index contributed by atoms with van der Waals surface area (Å²) in [6.07, 6.45) is -0.148. The van der Waals surface area contributed by atoms with E-state index >= 15 is 0 Å². The van der Waals surface area contributed by atoms with E-state index in [0.717, 1.165) is 5.56 Å². The van der Waals surface area contributed by atoms with Crippen LogP contribution >= 0.6 is 0 Å². The number of amides is 1. The van der Waals surface area contributed by atoms with Crippen molar-refractivity contribution >= 4 is 5.91 Å². The predicted octanol–water partition coefficient (Wildman–Crippen LogP) is 3.06. The zero-order valence-electron chi connectivity index (χ0n) is 14.2. The summed E-state index contributed by atoms with van der Waals surface area (Å²) in [5.74, 6) is 1.14. The molecule has 1 fully saturated rings. The molecule has 130 valence electrons. The Labute approximate surface area is 147 Å². The van der Waals surface area contributed by atoms with E-state index < -0.39 is 0 Å². The maximum Gasteiger partial charge on any atom is 0.257 e. The molecule has 0 aliphatic carbocycles. The lowest BCUT2D eigenvalue weighted by molar-refractivity contribution is -0.0692. The van der Waals surface area contributed by atoms with Crippen LogP contribution in [0.3, 0.4) is 0 Å². The zero-order chi connectivity index (χ0) is 17.2. The largest absolute Gasteiger partial charge is 0.486 e. The molecule has 2 aliphatic rings. The molecule has 2 aromatic carbocycles. The van der Waals surface area contributed by atoms with Crippen LogP contribution in [0.1, 0.15) is 28.9 Å². The number of ether oxygens (including phenoxy) is 3. The van der Waals surface area contributed by atoms with E-state index in [2.05, 4.69) is 0 Å². The van der Waals surface area contributed by atoms with Crippen molar-refractivity contribution in [2.45, 2.75) is 19.1 Å². The topological polar surface area (TPSA) is 48.0 Å². The van der Waals surface area contributed by atoms with E-state index in [1.54, 1.807) is 6.07 Å². The first-order chi connectivity index (χ1) is 12.2. The number of carbonyl (C=O) groups is 1. The number of benzene rings is 2. The lowest BCUT2D eigenvalue weighted by atomic mass is 10.0. The van der Waals surface area contributed by atoms with E-state index in [1.807, 2.05) is 54.3 Å². The molecule has 0 aromatic heterocycles. The molecule has 0 saturated carbocycles. The van der Waals surface area contributed by atoms with Crippen molar-refractivity contribution in [1.82, 2.24) is 4.90 Å². The van der Waals surface area contributed by atoms with Crippen LogP contribution in [0.4, 0.5) is 0 Å². The van der Waals surface area contributed by atoms with Gasteiger partial charge in [0.15, 0.2) is 11.5 Å². The summed E-state index contributed by atoms with van der Waals surface area (Å²) in [6, 6.07) is 15.5. The smallest absolute Gasteiger partial charge is 0.257 e. The summed E-state index contributed by atoms with van der Waals surface area (Å²) in [5.41, 5.74) is 1.64. The van der Waals surface area contributed by atoms with Crippen LogP contribution in [-0.2, 0) is 4.74 Å². The fourth-order valence-electron chi connectivity index (χ4n) is 3.38. The molecule has 0 spiro atoms. The molecule has 1 saturated heterocycles. The second kappa shape index (κ2) is 6.76. The first kappa shape index (κ1) is 16.0. The number of carbonyl (C=O) groups excluding carboxylic acids is 1. The molecule has 0 unspecified atom stereocenters. The summed E-state index contributed by atoms with van der Waals surface area (Å²) in [7, 11) is 0. The molecule has 2 heterocycles. The Morgan fingerprint density at radius 1 is 1.00 bits per heavy atom. The van der Waals surface area contributed by atoms with Gasteiger partial charge in [0.05, 0.1) is 18.2 Å². The average molecular weight is 339 g/mol. The van der Waals surface area contributed by atoms with Gasteiger partial charge in [0.1, 0.15) is 19.3 Å². The molecule has 0 bridgehead atoms. The maximum absolute atomic E-state index is 13.1. The summed E-state index contributed by atoms with van der Waals surface area (Å²) in [4.78, 5) is 15.0. The highest BCUT2D eigenvalue weighted by atomic mass is 16.6. The van der Waals surface area contributed by atoms with Crippen molar-refractivity contribution in [3.63, 3.8) is 0 Å². The Kier molecular flexibility index (Phi) is 4.32. The fourth-order valence-corrected chi connectivity index (χ4v) is 3.38. The van der Waals surface area contributed by atoms with E-state index in [0.29, 0.717) is 43.4 Å². The number of morpholine rings is 1. The van der Waals surface area contributed by atoms with E-state index in [9.17, 15) is 4.79 Å². The summed E-state index contributed by atoms with van der Waals surface area (Å²) in [6.45, 7) is 4.05. The second-order valence-corrected chi connectivity index (χ2v) is 6.39. The van der Waals surface area contributed by atoms with Crippen LogP contribution < -0.4 is 9.47 Å². The molecular formula is C20H21NO4. The monoisotopic (exact) mass is 339 g/mol. The molecule has 5 nitrogen and oxygen atoms in total. The summed E-state index contributed by atoms with van der Waals surface area (Å²) >= 11 is 0. The number of para-hydroxylation sites is 1. The maximum atomic E-state index is 13.1. The van der Waals surface area contributed by atoms with Crippen molar-refractivity contribution in [3.05, 3.63) is 59.7 Å². The van der Waals surface area contributed by atoms with Crippen molar-refractivity contribution < 1.29 is 19.0 Å². The summed E-state index contributed by atoms with van der Waals surface area (Å²) < 4.78 is 17.3. The van der Waals surface area contributed by atoms with Gasteiger partial charge >= 0.3 is 0 Å². The quantitative estimate of drug-likeness (QED) is 0.844. The van der Waals surface area contributed by atoms with Gasteiger partial charge in [-0.3, -0.25) is 4.79 Å². The van der Waals surface area contributed by atoms with Crippen LogP contribution in [0.15, 0.2) is 48.5 Å². The molecule has 4 rings (SSSR count). The second-order valence-electron chi connectivity index (χ2n) is 6.39. The van der Waals surface area contributed by atoms with E-state index in [1.165, 1.54) is 0 Å². The van der Waals surface area contributed by atoms with Crippen molar-refractivity contribution in [2.75, 3.05) is 26.3 Å². The van der Waals surface area contributed by atoms with Crippen LogP contribution in [0.5, 0.6) is 11.5 Å². The highest BCUT2D eigenvalue weighted by Crippen LogP contribution is 2.35. The SMILES string of the molecule is C[C@H]1CN(C(=O)c2cccc3c2OCCO3)C[C@@H](c2ccccc2)O1. The van der Waals surface area contributed by atoms with Crippen molar-refractivity contribution in [3.8, 4) is 11.5 Å². The van der Waals surface area contributed by atoms with Gasteiger partial charge < -0.3 is 19.1 Å². The molecular weight excluding hydrogens is 318 g/mol. The Balaban J connectivity index is 1.60. The Morgan fingerprint density at radius 3 is 2.64 bits per heavy atom. The van der Waals surface area contributed by atoms with E-state index in [-0.39, 0.29) is 18.1 Å². The summed E-state index contributed by atoms with van der Waals surface area (Å²) in [5, 5.41) is 0. The van der Waals surface area contributed by atoms with Crippen LogP contribution in [0.25, 0.3) is 0 Å². The van der Waals surface area contributed by atoms with Gasteiger partial charge in [-0.1, -0.05) is 36.4 Å². The highest BCUT2D eigenvalue weighted by Gasteiger charge is 2.32. The normalized spacial score (nSPS) is 22.5. The Hall–Kier alpha value is -2.53. The van der Waals surface area contributed by atoms with E-state index in [4.69, 9.17) is 14.2 Å². The van der Waals surface area contributed by atoms with Crippen LogP contribution in [0.2, 0.25) is 0 Å². The molecule has 0 N–H and O–H groups in total. The number of hydrogen-bond donors (Lipinski definition) is 0. The van der Waals surface area contributed by atoms with Crippen molar-refractivity contribution in [1.29, 1.82) is 0 Å². The molecule has 2 aliphatic heterocycles. The molecule has 0 radical (unpaired) electrons. The van der Waals surface area contributed by atoms with Gasteiger partial charge in [-0.05, 0) is 24.6 Å². The van der Waals surface area contributed by atoms with Gasteiger partial charge in [0.25, 0.3) is 5.91 Å². The van der Waals surface area contributed by atoms with Gasteiger partial charge in [-0.25, -0.2) is 0 Å². The van der Waals surface area contributed by atoms with Crippen LogP contribution in [-0.4, -0.2) is 43.2 Å². The highest BCUT2D eigenvalue weighted by molar-refractivity contribution is 5.98. The standard InChI is InChI=1S/C20H21NO4/c1-14-12-21(13-18(25-14)15-6-3-2-4-7-15)20(22)16-8-5-9-17-19(16)24-11-10-23-17/h2-9,14,18H,10-13H2,1H3/t14-,18-/m0/s1. The Morgan fingerprint density at radius 2 is 1.80 bits per heavy atom. The third-order valence-corrected chi connectivity index (χ3v) is 4.52. The minimum absolute atomic E-state index is 0.0281. The van der Waals surface area contributed by atoms with Crippen molar-refractivity contribution in [2.24, 2.45) is 0 Å². The van der Waals surface area contributed by atoms with Gasteiger partial charge in [-0.2, -0.15) is 0 Å². The minimum atomic E-state index is -0.120. The van der Waals surface area contributed by atoms with Crippen LogP contribution in [0, 0.1) is 0 Å². The first-order valence-corrected chi connectivity index (χ1v) is 8.60. The lowest BCUT2D eigenvalue weighted by Gasteiger charge is -2.37. The molecule has 1 amide bonds. The molecule has 25 heavy (non-hydrogen) atoms. The molecule has 2 aromatic rings. The Bertz CT molecular complexity index is 762. The fraction of sp³-hybridized carbons (Fsp3) is 0.350. The molecule has 2 atom stereocenters. The average Bonchev–Trinajstić information content (AvgIpc) is 2.67. The number of rotatable bonds is 2. The van der Waals surface area contributed by atoms with Gasteiger partial charge in [0.2, 0.25) is 0 Å². The predicted molar refractivity (Wildman–Crippen MR) is 93.1 cm³/mol. The van der Waals surface area contributed by atoms with Gasteiger partial charge in [0, 0.05) is 6.54 Å².